The molecule has 0 saturated carbocycles. The normalized spacial score (nSPS) is 14.4. The molecule has 0 radical (unpaired) electrons. The number of hydrogen-bond acceptors (Lipinski definition) is 6. The van der Waals surface area contributed by atoms with Crippen molar-refractivity contribution in [1.82, 2.24) is 0 Å². The lowest BCUT2D eigenvalue weighted by Gasteiger charge is -2.17. The summed E-state index contributed by atoms with van der Waals surface area (Å²) < 4.78 is 15.2. The highest BCUT2D eigenvalue weighted by Crippen LogP contribution is 2.38. The minimum Gasteiger partial charge on any atom is -0.496 e. The van der Waals surface area contributed by atoms with Crippen LogP contribution in [0.2, 0.25) is 0 Å². The zero-order valence-corrected chi connectivity index (χ0v) is 16.2. The van der Waals surface area contributed by atoms with Gasteiger partial charge in [-0.05, 0) is 31.7 Å². The van der Waals surface area contributed by atoms with Crippen molar-refractivity contribution in [1.29, 1.82) is 0 Å². The van der Waals surface area contributed by atoms with Crippen LogP contribution < -0.4 is 4.74 Å². The highest BCUT2D eigenvalue weighted by Gasteiger charge is 2.34. The van der Waals surface area contributed by atoms with Crippen LogP contribution in [0, 0.1) is 12.8 Å². The average molecular weight is 376 g/mol. The molecule has 0 saturated heterocycles. The molecule has 27 heavy (non-hydrogen) atoms. The van der Waals surface area contributed by atoms with E-state index >= 15 is 0 Å². The Morgan fingerprint density at radius 3 is 2.56 bits per heavy atom. The van der Waals surface area contributed by atoms with Crippen LogP contribution in [0.25, 0.3) is 0 Å². The van der Waals surface area contributed by atoms with Gasteiger partial charge in [0.05, 0.1) is 31.8 Å². The molecule has 0 bridgehead atoms. The summed E-state index contributed by atoms with van der Waals surface area (Å²) in [5.74, 6) is -1.76. The van der Waals surface area contributed by atoms with E-state index in [2.05, 4.69) is 4.74 Å². The first-order valence-corrected chi connectivity index (χ1v) is 8.59. The summed E-state index contributed by atoms with van der Waals surface area (Å²) in [6.07, 6.45) is 2.34. The van der Waals surface area contributed by atoms with E-state index in [1.807, 2.05) is 19.9 Å². The van der Waals surface area contributed by atoms with Gasteiger partial charge < -0.3 is 19.3 Å². The van der Waals surface area contributed by atoms with E-state index in [0.717, 1.165) is 5.57 Å². The molecule has 1 aromatic carbocycles. The lowest BCUT2D eigenvalue weighted by atomic mass is 9.89. The van der Waals surface area contributed by atoms with Crippen LogP contribution in [0.4, 0.5) is 0 Å². The lowest BCUT2D eigenvalue weighted by molar-refractivity contribution is -0.141. The van der Waals surface area contributed by atoms with E-state index in [0.29, 0.717) is 22.4 Å². The number of allylic oxidation sites excluding steroid dienone is 2. The SMILES string of the molecule is COC(=O)CC(C)C(C)=CCc1c(OC)c(C)c2c(c1C(=O)O)C(=O)OC2. The third kappa shape index (κ3) is 3.97. The van der Waals surface area contributed by atoms with Gasteiger partial charge in [-0.15, -0.1) is 0 Å². The Bertz CT molecular complexity index is 820. The molecule has 0 aliphatic carbocycles. The summed E-state index contributed by atoms with van der Waals surface area (Å²) in [7, 11) is 2.81. The number of carbonyl (C=O) groups excluding carboxylic acids is 2. The molecule has 1 aliphatic heterocycles. The first kappa shape index (κ1) is 20.5. The fourth-order valence-corrected chi connectivity index (χ4v) is 3.25. The van der Waals surface area contributed by atoms with E-state index in [9.17, 15) is 19.5 Å². The molecule has 0 fully saturated rings. The van der Waals surface area contributed by atoms with Gasteiger partial charge in [0.25, 0.3) is 0 Å². The number of ether oxygens (including phenoxy) is 3. The molecule has 146 valence electrons. The maximum absolute atomic E-state index is 12.1. The number of hydrogen-bond donors (Lipinski definition) is 1. The van der Waals surface area contributed by atoms with Gasteiger partial charge in [-0.25, -0.2) is 9.59 Å². The standard InChI is InChI=1S/C20H24O7/c1-10(11(2)8-15(21)25-4)6-7-13-16(19(22)23)17-14(9-27-20(17)24)12(3)18(13)26-5/h6,11H,7-9H2,1-5H3,(H,22,23). The third-order valence-corrected chi connectivity index (χ3v) is 5.00. The molecular weight excluding hydrogens is 352 g/mol. The molecular formula is C20H24O7. The van der Waals surface area contributed by atoms with E-state index < -0.39 is 11.9 Å². The summed E-state index contributed by atoms with van der Waals surface area (Å²) in [5, 5.41) is 9.74. The molecule has 1 heterocycles. The Morgan fingerprint density at radius 2 is 2.00 bits per heavy atom. The number of rotatable bonds is 7. The first-order chi connectivity index (χ1) is 12.7. The predicted octanol–water partition coefficient (Wildman–Crippen LogP) is 3.06. The topological polar surface area (TPSA) is 99.1 Å². The fraction of sp³-hybridized carbons (Fsp3) is 0.450. The van der Waals surface area contributed by atoms with E-state index in [1.165, 1.54) is 14.2 Å². The molecule has 1 aromatic rings. The van der Waals surface area contributed by atoms with Crippen molar-refractivity contribution in [2.24, 2.45) is 5.92 Å². The maximum Gasteiger partial charge on any atom is 0.339 e. The molecule has 7 heteroatoms. The smallest absolute Gasteiger partial charge is 0.339 e. The Morgan fingerprint density at radius 1 is 1.33 bits per heavy atom. The molecule has 1 aliphatic rings. The zero-order chi connectivity index (χ0) is 20.3. The average Bonchev–Trinajstić information content (AvgIpc) is 3.01. The molecule has 0 aromatic heterocycles. The van der Waals surface area contributed by atoms with Crippen molar-refractivity contribution in [3.63, 3.8) is 0 Å². The summed E-state index contributed by atoms with van der Waals surface area (Å²) in [5.41, 5.74) is 2.61. The van der Waals surface area contributed by atoms with Crippen LogP contribution in [0.15, 0.2) is 11.6 Å². The van der Waals surface area contributed by atoms with Gasteiger partial charge in [-0.1, -0.05) is 18.6 Å². The second-order valence-corrected chi connectivity index (χ2v) is 6.58. The van der Waals surface area contributed by atoms with Crippen molar-refractivity contribution in [2.45, 2.75) is 40.2 Å². The molecule has 7 nitrogen and oxygen atoms in total. The van der Waals surface area contributed by atoms with Gasteiger partial charge in [-0.3, -0.25) is 4.79 Å². The minimum atomic E-state index is -1.20. The highest BCUT2D eigenvalue weighted by molar-refractivity contribution is 6.07. The van der Waals surface area contributed by atoms with Crippen LogP contribution in [-0.4, -0.2) is 37.2 Å². The molecule has 0 spiro atoms. The number of carboxylic acid groups (broad SMARTS) is 1. The molecule has 1 atom stereocenters. The summed E-state index contributed by atoms with van der Waals surface area (Å²) in [6.45, 7) is 5.59. The number of carboxylic acids is 1. The zero-order valence-electron chi connectivity index (χ0n) is 16.2. The number of fused-ring (bicyclic) bond motifs is 1. The van der Waals surface area contributed by atoms with Gasteiger partial charge in [0.2, 0.25) is 0 Å². The monoisotopic (exact) mass is 376 g/mol. The van der Waals surface area contributed by atoms with Gasteiger partial charge in [0.15, 0.2) is 0 Å². The Balaban J connectivity index is 2.50. The first-order valence-electron chi connectivity index (χ1n) is 8.59. The van der Waals surface area contributed by atoms with E-state index in [1.54, 1.807) is 6.92 Å². The highest BCUT2D eigenvalue weighted by atomic mass is 16.5. The van der Waals surface area contributed by atoms with Gasteiger partial charge in [0.1, 0.15) is 12.4 Å². The molecule has 2 rings (SSSR count). The Hall–Kier alpha value is -2.83. The number of benzene rings is 1. The molecule has 1 N–H and O–H groups in total. The third-order valence-electron chi connectivity index (χ3n) is 5.00. The molecule has 1 unspecified atom stereocenters. The van der Waals surface area contributed by atoms with Gasteiger partial charge >= 0.3 is 17.9 Å². The summed E-state index contributed by atoms with van der Waals surface area (Å²) in [6, 6.07) is 0. The summed E-state index contributed by atoms with van der Waals surface area (Å²) >= 11 is 0. The van der Waals surface area contributed by atoms with Crippen LogP contribution in [0.3, 0.4) is 0 Å². The summed E-state index contributed by atoms with van der Waals surface area (Å²) in [4.78, 5) is 35.5. The number of methoxy groups -OCH3 is 2. The van der Waals surface area contributed by atoms with Crippen LogP contribution >= 0.6 is 0 Å². The van der Waals surface area contributed by atoms with E-state index in [-0.39, 0.29) is 42.5 Å². The minimum absolute atomic E-state index is 0.0436. The van der Waals surface area contributed by atoms with Crippen LogP contribution in [0.1, 0.15) is 57.7 Å². The van der Waals surface area contributed by atoms with Crippen molar-refractivity contribution >= 4 is 17.9 Å². The fourth-order valence-electron chi connectivity index (χ4n) is 3.25. The number of aromatic carboxylic acids is 1. The largest absolute Gasteiger partial charge is 0.496 e. The second-order valence-electron chi connectivity index (χ2n) is 6.58. The van der Waals surface area contributed by atoms with E-state index in [4.69, 9.17) is 9.47 Å². The van der Waals surface area contributed by atoms with Crippen molar-refractivity contribution in [3.8, 4) is 5.75 Å². The van der Waals surface area contributed by atoms with Gasteiger partial charge in [0, 0.05) is 11.1 Å². The lowest BCUT2D eigenvalue weighted by Crippen LogP contribution is -2.14. The number of cyclic esters (lactones) is 1. The van der Waals surface area contributed by atoms with Crippen molar-refractivity contribution in [3.05, 3.63) is 39.5 Å². The predicted molar refractivity (Wildman–Crippen MR) is 97.1 cm³/mol. The van der Waals surface area contributed by atoms with Crippen molar-refractivity contribution in [2.75, 3.05) is 14.2 Å². The van der Waals surface area contributed by atoms with Crippen LogP contribution in [0.5, 0.6) is 5.75 Å². The second kappa shape index (κ2) is 8.24. The maximum atomic E-state index is 12.1. The Labute approximate surface area is 157 Å². The Kier molecular flexibility index (Phi) is 6.25. The molecule has 0 amide bonds. The number of esters is 2. The van der Waals surface area contributed by atoms with Gasteiger partial charge in [-0.2, -0.15) is 0 Å². The van der Waals surface area contributed by atoms with Crippen LogP contribution in [-0.2, 0) is 27.3 Å². The number of carbonyl (C=O) groups is 3. The quantitative estimate of drug-likeness (QED) is 0.577. The van der Waals surface area contributed by atoms with Crippen molar-refractivity contribution < 1.29 is 33.7 Å².